The Morgan fingerprint density at radius 1 is 0.566 bits per heavy atom. The van der Waals surface area contributed by atoms with Crippen molar-refractivity contribution in [1.82, 2.24) is 0 Å². The van der Waals surface area contributed by atoms with Crippen molar-refractivity contribution in [2.75, 3.05) is 26.4 Å². The molecule has 2 atom stereocenters. The summed E-state index contributed by atoms with van der Waals surface area (Å²) in [6, 6.07) is 0. The predicted octanol–water partition coefficient (Wildman–Crippen LogP) is 11.7. The van der Waals surface area contributed by atoms with Gasteiger partial charge in [-0.3, -0.25) is 18.6 Å². The second-order valence-corrected chi connectivity index (χ2v) is 14.9. The van der Waals surface area contributed by atoms with E-state index in [9.17, 15) is 19.0 Å². The summed E-state index contributed by atoms with van der Waals surface area (Å²) in [6.07, 6.45) is 45.3. The van der Waals surface area contributed by atoms with Crippen molar-refractivity contribution in [1.29, 1.82) is 0 Å². The third kappa shape index (κ3) is 39.2. The number of phosphoric acid groups is 1. The highest BCUT2D eigenvalue weighted by Crippen LogP contribution is 2.43. The molecule has 0 saturated heterocycles. The lowest BCUT2D eigenvalue weighted by atomic mass is 10.1. The van der Waals surface area contributed by atoms with E-state index in [4.69, 9.17) is 24.3 Å². The Morgan fingerprint density at radius 2 is 1.02 bits per heavy atom. The molecule has 0 aromatic carbocycles. The first kappa shape index (κ1) is 50.7. The molecule has 9 nitrogen and oxygen atoms in total. The smallest absolute Gasteiger partial charge is 0.462 e. The number of nitrogens with two attached hydrogens (primary N) is 1. The molecular formula is C43H76NO8P. The van der Waals surface area contributed by atoms with Gasteiger partial charge in [0.25, 0.3) is 0 Å². The van der Waals surface area contributed by atoms with Crippen molar-refractivity contribution in [2.45, 2.75) is 174 Å². The normalized spacial score (nSPS) is 14.0. The summed E-state index contributed by atoms with van der Waals surface area (Å²) in [4.78, 5) is 34.8. The molecule has 53 heavy (non-hydrogen) atoms. The molecule has 3 N–H and O–H groups in total. The van der Waals surface area contributed by atoms with Gasteiger partial charge in [0.2, 0.25) is 0 Å². The molecule has 0 fully saturated rings. The zero-order chi connectivity index (χ0) is 38.9. The first-order valence-corrected chi connectivity index (χ1v) is 22.3. The lowest BCUT2D eigenvalue weighted by Gasteiger charge is -2.19. The summed E-state index contributed by atoms with van der Waals surface area (Å²) in [5.41, 5.74) is 5.34. The van der Waals surface area contributed by atoms with Crippen LogP contribution in [0.1, 0.15) is 168 Å². The summed E-state index contributed by atoms with van der Waals surface area (Å²) in [6.45, 7) is 3.58. The van der Waals surface area contributed by atoms with E-state index in [2.05, 4.69) is 74.6 Å². The molecule has 0 aliphatic carbocycles. The van der Waals surface area contributed by atoms with Gasteiger partial charge in [0, 0.05) is 19.4 Å². The van der Waals surface area contributed by atoms with Crippen LogP contribution in [0.5, 0.6) is 0 Å². The summed E-state index contributed by atoms with van der Waals surface area (Å²) < 4.78 is 32.7. The van der Waals surface area contributed by atoms with E-state index in [1.165, 1.54) is 70.6 Å². The highest BCUT2D eigenvalue weighted by atomic mass is 31.2. The molecule has 10 heteroatoms. The SMILES string of the molecule is CCC/C=C/C/C=C/C/C=C/C/C=C/CCCCCC(=O)O[C@H](COC(=O)CCCCCCCCCCC/C=C/CCCC)COP(=O)(O)OCCN. The van der Waals surface area contributed by atoms with Crippen LogP contribution in [-0.2, 0) is 32.7 Å². The van der Waals surface area contributed by atoms with Crippen molar-refractivity contribution in [2.24, 2.45) is 5.73 Å². The van der Waals surface area contributed by atoms with Crippen LogP contribution in [0.3, 0.4) is 0 Å². The third-order valence-corrected chi connectivity index (χ3v) is 9.34. The number of carbonyl (C=O) groups is 2. The average Bonchev–Trinajstić information content (AvgIpc) is 3.14. The standard InChI is InChI=1S/C43H76NO8P/c1-3-5-7-9-11-13-15-17-19-20-22-24-26-28-30-32-34-36-43(46)52-41(40-51-53(47,48)50-38-37-44)39-49-42(45)35-33-31-29-27-25-23-21-18-16-14-12-10-8-6-4-2/h7,9-10,12-13,15,19-20,24,26,41H,3-6,8,11,14,16-18,21-23,25,27-40,44H2,1-2H3,(H,47,48)/b9-7+,12-10+,15-13+,20-19+,26-24+/t41-/m1/s1. The monoisotopic (exact) mass is 766 g/mol. The second kappa shape index (κ2) is 39.4. The van der Waals surface area contributed by atoms with E-state index in [1.54, 1.807) is 0 Å². The minimum atomic E-state index is -4.39. The van der Waals surface area contributed by atoms with Crippen LogP contribution >= 0.6 is 7.82 Å². The molecule has 0 spiro atoms. The van der Waals surface area contributed by atoms with E-state index in [-0.39, 0.29) is 32.6 Å². The van der Waals surface area contributed by atoms with Crippen molar-refractivity contribution < 1.29 is 37.6 Å². The average molecular weight is 766 g/mol. The van der Waals surface area contributed by atoms with Gasteiger partial charge in [0.1, 0.15) is 6.61 Å². The van der Waals surface area contributed by atoms with Crippen LogP contribution in [0.4, 0.5) is 0 Å². The highest BCUT2D eigenvalue weighted by molar-refractivity contribution is 7.47. The minimum absolute atomic E-state index is 0.0452. The molecule has 0 saturated carbocycles. The molecule has 0 rings (SSSR count). The third-order valence-electron chi connectivity index (χ3n) is 8.36. The van der Waals surface area contributed by atoms with E-state index < -0.39 is 32.5 Å². The van der Waals surface area contributed by atoms with E-state index >= 15 is 0 Å². The topological polar surface area (TPSA) is 134 Å². The number of allylic oxidation sites excluding steroid dienone is 10. The maximum absolute atomic E-state index is 12.6. The Kier molecular flexibility index (Phi) is 37.7. The zero-order valence-electron chi connectivity index (χ0n) is 33.5. The van der Waals surface area contributed by atoms with E-state index in [0.717, 1.165) is 64.2 Å². The van der Waals surface area contributed by atoms with Crippen LogP contribution in [0.15, 0.2) is 60.8 Å². The lowest BCUT2D eigenvalue weighted by molar-refractivity contribution is -0.161. The van der Waals surface area contributed by atoms with Crippen molar-refractivity contribution in [3.05, 3.63) is 60.8 Å². The Labute approximate surface area is 323 Å². The number of hydrogen-bond acceptors (Lipinski definition) is 8. The number of unbranched alkanes of at least 4 members (excludes halogenated alkanes) is 15. The van der Waals surface area contributed by atoms with Crippen LogP contribution in [-0.4, -0.2) is 49.3 Å². The van der Waals surface area contributed by atoms with Crippen LogP contribution in [0, 0.1) is 0 Å². The van der Waals surface area contributed by atoms with Gasteiger partial charge in [-0.15, -0.1) is 0 Å². The molecule has 0 aliphatic rings. The number of carbonyl (C=O) groups excluding carboxylic acids is 2. The molecule has 0 heterocycles. The number of hydrogen-bond donors (Lipinski definition) is 2. The Bertz CT molecular complexity index is 1050. The van der Waals surface area contributed by atoms with Gasteiger partial charge in [-0.25, -0.2) is 4.57 Å². The van der Waals surface area contributed by atoms with Gasteiger partial charge in [-0.2, -0.15) is 0 Å². The maximum Gasteiger partial charge on any atom is 0.472 e. The fourth-order valence-electron chi connectivity index (χ4n) is 5.25. The molecule has 0 bridgehead atoms. The summed E-state index contributed by atoms with van der Waals surface area (Å²) >= 11 is 0. The molecule has 0 amide bonds. The summed E-state index contributed by atoms with van der Waals surface area (Å²) in [5.74, 6) is -0.871. The van der Waals surface area contributed by atoms with E-state index in [0.29, 0.717) is 6.42 Å². The Hall–Kier alpha value is -2.29. The molecule has 1 unspecified atom stereocenters. The van der Waals surface area contributed by atoms with E-state index in [1.807, 2.05) is 0 Å². The van der Waals surface area contributed by atoms with Gasteiger partial charge in [-0.05, 0) is 70.6 Å². The molecule has 0 aromatic rings. The Morgan fingerprint density at radius 3 is 1.57 bits per heavy atom. The van der Waals surface area contributed by atoms with Crippen molar-refractivity contribution >= 4 is 19.8 Å². The lowest BCUT2D eigenvalue weighted by Crippen LogP contribution is -2.29. The van der Waals surface area contributed by atoms with Gasteiger partial charge in [0.15, 0.2) is 6.10 Å². The van der Waals surface area contributed by atoms with Gasteiger partial charge in [0.05, 0.1) is 13.2 Å². The van der Waals surface area contributed by atoms with Crippen LogP contribution in [0.25, 0.3) is 0 Å². The second-order valence-electron chi connectivity index (χ2n) is 13.5. The highest BCUT2D eigenvalue weighted by Gasteiger charge is 2.25. The van der Waals surface area contributed by atoms with Crippen molar-refractivity contribution in [3.8, 4) is 0 Å². The number of rotatable bonds is 38. The summed E-state index contributed by atoms with van der Waals surface area (Å²) in [5, 5.41) is 0. The number of ether oxygens (including phenoxy) is 2. The maximum atomic E-state index is 12.6. The molecule has 306 valence electrons. The molecular weight excluding hydrogens is 689 g/mol. The predicted molar refractivity (Wildman–Crippen MR) is 219 cm³/mol. The largest absolute Gasteiger partial charge is 0.472 e. The summed E-state index contributed by atoms with van der Waals surface area (Å²) in [7, 11) is -4.39. The first-order valence-electron chi connectivity index (χ1n) is 20.8. The van der Waals surface area contributed by atoms with Crippen LogP contribution < -0.4 is 5.73 Å². The number of esters is 2. The fourth-order valence-corrected chi connectivity index (χ4v) is 6.02. The molecule has 0 aliphatic heterocycles. The minimum Gasteiger partial charge on any atom is -0.462 e. The number of phosphoric ester groups is 1. The molecule has 0 radical (unpaired) electrons. The first-order chi connectivity index (χ1) is 25.8. The molecule has 0 aromatic heterocycles. The Balaban J connectivity index is 4.25. The fraction of sp³-hybridized carbons (Fsp3) is 0.721. The zero-order valence-corrected chi connectivity index (χ0v) is 34.4. The van der Waals surface area contributed by atoms with Crippen LogP contribution in [0.2, 0.25) is 0 Å². The quantitative estimate of drug-likeness (QED) is 0.0272. The van der Waals surface area contributed by atoms with Gasteiger partial charge < -0.3 is 20.1 Å². The van der Waals surface area contributed by atoms with Crippen molar-refractivity contribution in [3.63, 3.8) is 0 Å². The van der Waals surface area contributed by atoms with Gasteiger partial charge in [-0.1, -0.05) is 145 Å². The van der Waals surface area contributed by atoms with Gasteiger partial charge >= 0.3 is 19.8 Å².